The van der Waals surface area contributed by atoms with Crippen molar-refractivity contribution in [2.75, 3.05) is 0 Å². The first-order chi connectivity index (χ1) is 9.56. The first kappa shape index (κ1) is 15.4. The zero-order valence-electron chi connectivity index (χ0n) is 12.2. The normalized spacial score (nSPS) is 10.3. The summed E-state index contributed by atoms with van der Waals surface area (Å²) < 4.78 is 5.29. The minimum Gasteiger partial charge on any atom is -1.00 e. The van der Waals surface area contributed by atoms with Gasteiger partial charge in [0.25, 0.3) is 0 Å². The molecule has 0 saturated heterocycles. The maximum absolute atomic E-state index is 12.4. The van der Waals surface area contributed by atoms with E-state index in [1.807, 2.05) is 0 Å². The van der Waals surface area contributed by atoms with E-state index in [2.05, 4.69) is 0 Å². The summed E-state index contributed by atoms with van der Waals surface area (Å²) in [5.41, 5.74) is 0.522. The quantitative estimate of drug-likeness (QED) is 0.536. The van der Waals surface area contributed by atoms with Crippen molar-refractivity contribution in [3.05, 3.63) is 52.9 Å². The Bertz CT molecular complexity index is 858. The van der Waals surface area contributed by atoms with Gasteiger partial charge in [-0.05, 0) is 17.7 Å². The van der Waals surface area contributed by atoms with Gasteiger partial charge in [-0.25, -0.2) is 0 Å². The monoisotopic (exact) mass is 294 g/mol. The Morgan fingerprint density at radius 2 is 1.62 bits per heavy atom. The Morgan fingerprint density at radius 3 is 2.29 bits per heavy atom. The summed E-state index contributed by atoms with van der Waals surface area (Å²) in [7, 11) is 0. The van der Waals surface area contributed by atoms with Crippen molar-refractivity contribution < 1.29 is 50.7 Å². The number of hydrogen-bond acceptors (Lipinski definition) is 5. The SMILES string of the molecule is O=c1c(-c2ccc(O)cc2)coc2cc(O)cc(O)c12.[H-].[Na+]. The summed E-state index contributed by atoms with van der Waals surface area (Å²) in [4.78, 5) is 12.4. The molecule has 0 saturated carbocycles. The van der Waals surface area contributed by atoms with E-state index >= 15 is 0 Å². The van der Waals surface area contributed by atoms with Crippen LogP contribution in [0.25, 0.3) is 22.1 Å². The van der Waals surface area contributed by atoms with Crippen molar-refractivity contribution in [1.82, 2.24) is 0 Å². The molecule has 21 heavy (non-hydrogen) atoms. The standard InChI is InChI=1S/C15H10O5.Na.H/c16-9-3-1-8(2-4-9)11-7-20-13-6-10(17)5-12(18)14(13)15(11)19;;/h1-7,16-18H;;/q;+1;-1. The maximum atomic E-state index is 12.4. The Morgan fingerprint density at radius 1 is 0.952 bits per heavy atom. The first-order valence-electron chi connectivity index (χ1n) is 5.83. The third kappa shape index (κ3) is 2.76. The molecule has 0 aliphatic rings. The number of phenols is 3. The predicted octanol–water partition coefficient (Wildman–Crippen LogP) is -0.307. The third-order valence-electron chi connectivity index (χ3n) is 3.02. The molecule has 1 aromatic heterocycles. The average molecular weight is 294 g/mol. The van der Waals surface area contributed by atoms with Gasteiger partial charge in [0.1, 0.15) is 34.5 Å². The minimum atomic E-state index is -0.408. The Kier molecular flexibility index (Phi) is 4.27. The Labute approximate surface area is 142 Å². The van der Waals surface area contributed by atoms with Gasteiger partial charge < -0.3 is 21.2 Å². The molecule has 0 fully saturated rings. The third-order valence-corrected chi connectivity index (χ3v) is 3.02. The van der Waals surface area contributed by atoms with Crippen LogP contribution in [-0.2, 0) is 0 Å². The molecule has 102 valence electrons. The molecule has 0 aliphatic heterocycles. The summed E-state index contributed by atoms with van der Waals surface area (Å²) in [5, 5.41) is 28.4. The molecule has 3 N–H and O–H groups in total. The van der Waals surface area contributed by atoms with Crippen LogP contribution in [0.4, 0.5) is 0 Å². The fourth-order valence-corrected chi connectivity index (χ4v) is 2.06. The van der Waals surface area contributed by atoms with Crippen molar-refractivity contribution in [2.24, 2.45) is 0 Å². The van der Waals surface area contributed by atoms with Gasteiger partial charge >= 0.3 is 29.6 Å². The molecule has 0 aliphatic carbocycles. The van der Waals surface area contributed by atoms with E-state index in [0.29, 0.717) is 5.56 Å². The van der Waals surface area contributed by atoms with Crippen LogP contribution in [0.2, 0.25) is 0 Å². The molecule has 0 radical (unpaired) electrons. The van der Waals surface area contributed by atoms with E-state index in [9.17, 15) is 20.1 Å². The van der Waals surface area contributed by atoms with E-state index in [0.717, 1.165) is 6.07 Å². The Balaban J connectivity index is 0.00000121. The van der Waals surface area contributed by atoms with Crippen LogP contribution in [0, 0.1) is 0 Å². The molecule has 3 aromatic rings. The second-order valence-corrected chi connectivity index (χ2v) is 4.36. The summed E-state index contributed by atoms with van der Waals surface area (Å²) in [5.74, 6) is -0.434. The zero-order chi connectivity index (χ0) is 14.3. The van der Waals surface area contributed by atoms with Crippen molar-refractivity contribution >= 4 is 11.0 Å². The molecule has 0 unspecified atom stereocenters. The fraction of sp³-hybridized carbons (Fsp3) is 0. The van der Waals surface area contributed by atoms with Crippen LogP contribution in [0.15, 0.2) is 51.9 Å². The van der Waals surface area contributed by atoms with Crippen LogP contribution >= 0.6 is 0 Å². The topological polar surface area (TPSA) is 90.9 Å². The van der Waals surface area contributed by atoms with Gasteiger partial charge in [0.15, 0.2) is 0 Å². The van der Waals surface area contributed by atoms with E-state index < -0.39 is 5.43 Å². The smallest absolute Gasteiger partial charge is 1.00 e. The maximum Gasteiger partial charge on any atom is 1.00 e. The van der Waals surface area contributed by atoms with Crippen molar-refractivity contribution in [1.29, 1.82) is 0 Å². The number of aromatic hydroxyl groups is 3. The molecule has 1 heterocycles. The van der Waals surface area contributed by atoms with Gasteiger partial charge in [-0.15, -0.1) is 0 Å². The van der Waals surface area contributed by atoms with E-state index in [1.54, 1.807) is 12.1 Å². The van der Waals surface area contributed by atoms with E-state index in [-0.39, 0.29) is 64.8 Å². The molecule has 2 aromatic carbocycles. The largest absolute Gasteiger partial charge is 1.00 e. The minimum absolute atomic E-state index is 0. The number of phenolic OH excluding ortho intramolecular Hbond substituents is 3. The van der Waals surface area contributed by atoms with Crippen LogP contribution in [-0.4, -0.2) is 15.3 Å². The summed E-state index contributed by atoms with van der Waals surface area (Å²) >= 11 is 0. The average Bonchev–Trinajstić information content (AvgIpc) is 2.39. The van der Waals surface area contributed by atoms with E-state index in [4.69, 9.17) is 4.42 Å². The van der Waals surface area contributed by atoms with Crippen LogP contribution in [0.3, 0.4) is 0 Å². The molecule has 6 heteroatoms. The molecule has 5 nitrogen and oxygen atoms in total. The van der Waals surface area contributed by atoms with Gasteiger partial charge in [-0.1, -0.05) is 12.1 Å². The number of benzene rings is 2. The number of rotatable bonds is 1. The number of fused-ring (bicyclic) bond motifs is 1. The summed E-state index contributed by atoms with van der Waals surface area (Å²) in [6.07, 6.45) is 1.26. The molecular formula is C15H11NaO5. The Hall–Kier alpha value is -1.95. The van der Waals surface area contributed by atoms with Gasteiger partial charge in [0, 0.05) is 12.1 Å². The van der Waals surface area contributed by atoms with Crippen LogP contribution in [0.5, 0.6) is 17.2 Å². The summed E-state index contributed by atoms with van der Waals surface area (Å²) in [6.45, 7) is 0. The first-order valence-corrected chi connectivity index (χ1v) is 5.83. The van der Waals surface area contributed by atoms with E-state index in [1.165, 1.54) is 24.5 Å². The zero-order valence-corrected chi connectivity index (χ0v) is 13.2. The predicted molar refractivity (Wildman–Crippen MR) is 74.0 cm³/mol. The van der Waals surface area contributed by atoms with Gasteiger partial charge in [0.2, 0.25) is 5.43 Å². The number of hydrogen-bond donors (Lipinski definition) is 3. The molecule has 0 spiro atoms. The molecule has 0 atom stereocenters. The molecule has 0 amide bonds. The molecule has 0 bridgehead atoms. The van der Waals surface area contributed by atoms with Crippen LogP contribution < -0.4 is 35.0 Å². The van der Waals surface area contributed by atoms with Gasteiger partial charge in [-0.2, -0.15) is 0 Å². The van der Waals surface area contributed by atoms with Gasteiger partial charge in [0.05, 0.1) is 5.56 Å². The fourth-order valence-electron chi connectivity index (χ4n) is 2.06. The summed E-state index contributed by atoms with van der Waals surface area (Å²) in [6, 6.07) is 8.40. The van der Waals surface area contributed by atoms with Crippen molar-refractivity contribution in [2.45, 2.75) is 0 Å². The molecular weight excluding hydrogens is 283 g/mol. The second-order valence-electron chi connectivity index (χ2n) is 4.36. The van der Waals surface area contributed by atoms with Crippen molar-refractivity contribution in [3.63, 3.8) is 0 Å². The van der Waals surface area contributed by atoms with Crippen LogP contribution in [0.1, 0.15) is 1.43 Å². The molecule has 3 rings (SSSR count). The second kappa shape index (κ2) is 5.81. The van der Waals surface area contributed by atoms with Gasteiger partial charge in [-0.3, -0.25) is 4.79 Å². The van der Waals surface area contributed by atoms with Crippen molar-refractivity contribution in [3.8, 4) is 28.4 Å².